The number of rotatable bonds is 1. The van der Waals surface area contributed by atoms with Crippen LogP contribution in [0.1, 0.15) is 17.2 Å². The van der Waals surface area contributed by atoms with Crippen molar-refractivity contribution in [2.24, 2.45) is 0 Å². The van der Waals surface area contributed by atoms with E-state index in [4.69, 9.17) is 11.5 Å². The molecule has 14 heavy (non-hydrogen) atoms. The van der Waals surface area contributed by atoms with Crippen LogP contribution in [0, 0.1) is 12.3 Å². The van der Waals surface area contributed by atoms with Gasteiger partial charge in [-0.2, -0.15) is 13.2 Å². The van der Waals surface area contributed by atoms with E-state index in [-0.39, 0.29) is 11.1 Å². The normalized spacial score (nSPS) is 13.4. The first-order valence-electron chi connectivity index (χ1n) is 3.77. The van der Waals surface area contributed by atoms with Crippen LogP contribution in [0.4, 0.5) is 13.2 Å². The summed E-state index contributed by atoms with van der Waals surface area (Å²) < 4.78 is 36.4. The van der Waals surface area contributed by atoms with Crippen molar-refractivity contribution in [1.29, 1.82) is 0 Å². The van der Waals surface area contributed by atoms with Crippen LogP contribution in [0.3, 0.4) is 0 Å². The fourth-order valence-corrected chi connectivity index (χ4v) is 1.04. The fraction of sp³-hybridized carbons (Fsp3) is 0.200. The van der Waals surface area contributed by atoms with Gasteiger partial charge in [-0.3, -0.25) is 0 Å². The van der Waals surface area contributed by atoms with E-state index in [9.17, 15) is 13.2 Å². The third-order valence-corrected chi connectivity index (χ3v) is 1.72. The van der Waals surface area contributed by atoms with Gasteiger partial charge in [0.05, 0.1) is 0 Å². The van der Waals surface area contributed by atoms with Gasteiger partial charge in [0.25, 0.3) is 0 Å². The number of alkyl halides is 3. The molecular formula is C10H7F3O. The van der Waals surface area contributed by atoms with Crippen LogP contribution in [-0.4, -0.2) is 11.3 Å². The van der Waals surface area contributed by atoms with Gasteiger partial charge in [0.1, 0.15) is 0 Å². The lowest BCUT2D eigenvalue weighted by molar-refractivity contribution is -0.206. The Balaban J connectivity index is 3.14. The lowest BCUT2D eigenvalue weighted by atomic mass is 10.0. The molecule has 0 saturated heterocycles. The van der Waals surface area contributed by atoms with Gasteiger partial charge in [-0.1, -0.05) is 24.1 Å². The van der Waals surface area contributed by atoms with E-state index in [1.54, 1.807) is 0 Å². The minimum atomic E-state index is -4.69. The Bertz CT molecular complexity index is 362. The summed E-state index contributed by atoms with van der Waals surface area (Å²) in [4.78, 5) is 0. The van der Waals surface area contributed by atoms with E-state index in [0.717, 1.165) is 6.07 Å². The van der Waals surface area contributed by atoms with E-state index >= 15 is 0 Å². The molecule has 1 atom stereocenters. The number of halogens is 3. The third kappa shape index (κ3) is 2.06. The standard InChI is InChI=1S/C10H7F3O/c1-2-7-5-3-4-6-8(7)9(14)10(11,12)13/h1,3-6,9,14H. The fourth-order valence-electron chi connectivity index (χ4n) is 1.04. The zero-order valence-corrected chi connectivity index (χ0v) is 7.05. The molecule has 0 radical (unpaired) electrons. The van der Waals surface area contributed by atoms with E-state index in [1.807, 2.05) is 0 Å². The van der Waals surface area contributed by atoms with Crippen molar-refractivity contribution in [2.75, 3.05) is 0 Å². The molecule has 1 rings (SSSR count). The summed E-state index contributed by atoms with van der Waals surface area (Å²) in [5.41, 5.74) is -0.236. The van der Waals surface area contributed by atoms with Crippen molar-refractivity contribution in [3.8, 4) is 12.3 Å². The Kier molecular flexibility index (Phi) is 2.82. The second kappa shape index (κ2) is 3.72. The lowest BCUT2D eigenvalue weighted by Crippen LogP contribution is -2.21. The molecule has 0 heterocycles. The molecule has 0 bridgehead atoms. The van der Waals surface area contributed by atoms with E-state index in [2.05, 4.69) is 5.92 Å². The molecule has 1 N–H and O–H groups in total. The van der Waals surface area contributed by atoms with Crippen molar-refractivity contribution in [2.45, 2.75) is 12.3 Å². The molecule has 0 aliphatic heterocycles. The first-order valence-corrected chi connectivity index (χ1v) is 3.77. The molecule has 1 aromatic carbocycles. The second-order valence-electron chi connectivity index (χ2n) is 2.68. The van der Waals surface area contributed by atoms with Crippen molar-refractivity contribution in [3.63, 3.8) is 0 Å². The minimum absolute atomic E-state index is 0.0531. The Hall–Kier alpha value is -1.47. The summed E-state index contributed by atoms with van der Waals surface area (Å²) in [6.07, 6.45) is -2.20. The summed E-state index contributed by atoms with van der Waals surface area (Å²) in [5.74, 6) is 2.09. The highest BCUT2D eigenvalue weighted by Gasteiger charge is 2.40. The number of terminal acetylenes is 1. The number of hydrogen-bond acceptors (Lipinski definition) is 1. The summed E-state index contributed by atoms with van der Waals surface area (Å²) >= 11 is 0. The highest BCUT2D eigenvalue weighted by Crippen LogP contribution is 2.33. The predicted molar refractivity (Wildman–Crippen MR) is 45.4 cm³/mol. The zero-order chi connectivity index (χ0) is 10.8. The third-order valence-electron chi connectivity index (χ3n) is 1.72. The first-order chi connectivity index (χ1) is 6.46. The minimum Gasteiger partial charge on any atom is -0.379 e. The van der Waals surface area contributed by atoms with Gasteiger partial charge in [-0.05, 0) is 6.07 Å². The smallest absolute Gasteiger partial charge is 0.379 e. The lowest BCUT2D eigenvalue weighted by Gasteiger charge is -2.15. The van der Waals surface area contributed by atoms with Gasteiger partial charge in [-0.25, -0.2) is 0 Å². The average Bonchev–Trinajstić information content (AvgIpc) is 2.15. The van der Waals surface area contributed by atoms with Gasteiger partial charge >= 0.3 is 6.18 Å². The Morgan fingerprint density at radius 3 is 2.36 bits per heavy atom. The quantitative estimate of drug-likeness (QED) is 0.689. The molecule has 0 aliphatic carbocycles. The van der Waals surface area contributed by atoms with Crippen molar-refractivity contribution in [1.82, 2.24) is 0 Å². The maximum Gasteiger partial charge on any atom is 0.418 e. The van der Waals surface area contributed by atoms with Gasteiger partial charge in [-0.15, -0.1) is 6.42 Å². The SMILES string of the molecule is C#Cc1ccccc1C(O)C(F)(F)F. The Labute approximate surface area is 79.2 Å². The topological polar surface area (TPSA) is 20.2 Å². The molecule has 1 aromatic rings. The van der Waals surface area contributed by atoms with Crippen LogP contribution in [0.15, 0.2) is 24.3 Å². The monoisotopic (exact) mass is 200 g/mol. The Morgan fingerprint density at radius 2 is 1.86 bits per heavy atom. The van der Waals surface area contributed by atoms with Crippen molar-refractivity contribution < 1.29 is 18.3 Å². The molecule has 0 saturated carbocycles. The molecule has 0 aliphatic rings. The average molecular weight is 200 g/mol. The molecule has 0 spiro atoms. The van der Waals surface area contributed by atoms with Crippen LogP contribution in [0.5, 0.6) is 0 Å². The summed E-state index contributed by atoms with van der Waals surface area (Å²) in [6.45, 7) is 0. The Morgan fingerprint density at radius 1 is 1.29 bits per heavy atom. The largest absolute Gasteiger partial charge is 0.418 e. The molecule has 1 nitrogen and oxygen atoms in total. The molecule has 74 valence electrons. The van der Waals surface area contributed by atoms with E-state index in [1.165, 1.54) is 18.2 Å². The summed E-state index contributed by atoms with van der Waals surface area (Å²) in [6, 6.07) is 5.42. The van der Waals surface area contributed by atoms with Crippen molar-refractivity contribution in [3.05, 3.63) is 35.4 Å². The molecule has 0 fully saturated rings. The molecule has 0 aromatic heterocycles. The maximum absolute atomic E-state index is 12.1. The highest BCUT2D eigenvalue weighted by molar-refractivity contribution is 5.41. The van der Waals surface area contributed by atoms with Gasteiger partial charge in [0.2, 0.25) is 0 Å². The highest BCUT2D eigenvalue weighted by atomic mass is 19.4. The van der Waals surface area contributed by atoms with Crippen LogP contribution in [0.2, 0.25) is 0 Å². The molecular weight excluding hydrogens is 193 g/mol. The molecule has 0 amide bonds. The van der Waals surface area contributed by atoms with Gasteiger partial charge in [0, 0.05) is 11.1 Å². The van der Waals surface area contributed by atoms with E-state index < -0.39 is 12.3 Å². The first kappa shape index (κ1) is 10.6. The summed E-state index contributed by atoms with van der Waals surface area (Å²) in [7, 11) is 0. The second-order valence-corrected chi connectivity index (χ2v) is 2.68. The number of hydrogen-bond donors (Lipinski definition) is 1. The molecule has 4 heteroatoms. The van der Waals surface area contributed by atoms with Gasteiger partial charge < -0.3 is 5.11 Å². The van der Waals surface area contributed by atoms with Crippen LogP contribution in [0.25, 0.3) is 0 Å². The van der Waals surface area contributed by atoms with Crippen LogP contribution >= 0.6 is 0 Å². The predicted octanol–water partition coefficient (Wildman–Crippen LogP) is 2.26. The number of benzene rings is 1. The molecule has 1 unspecified atom stereocenters. The number of aliphatic hydroxyl groups is 1. The van der Waals surface area contributed by atoms with Crippen molar-refractivity contribution >= 4 is 0 Å². The van der Waals surface area contributed by atoms with Crippen LogP contribution in [-0.2, 0) is 0 Å². The van der Waals surface area contributed by atoms with Gasteiger partial charge in [0.15, 0.2) is 6.10 Å². The van der Waals surface area contributed by atoms with E-state index in [0.29, 0.717) is 0 Å². The van der Waals surface area contributed by atoms with Crippen LogP contribution < -0.4 is 0 Å². The zero-order valence-electron chi connectivity index (χ0n) is 7.05. The number of aliphatic hydroxyl groups excluding tert-OH is 1. The summed E-state index contributed by atoms with van der Waals surface area (Å²) in [5, 5.41) is 8.95. The maximum atomic E-state index is 12.1.